The Morgan fingerprint density at radius 1 is 1.12 bits per heavy atom. The standard InChI is InChI=1S/C25H27NO6/c1-15-22(25(28)32-12-11-29-2)24(21-9-6-10-31-21)23-18(26-15)13-16(14-19(23)27)17-7-4-5-8-20(17)30-3/h4-10,16,24,26H,11-14H2,1-3H3. The fourth-order valence-corrected chi connectivity index (χ4v) is 4.57. The highest BCUT2D eigenvalue weighted by atomic mass is 16.6. The van der Waals surface area contributed by atoms with Crippen molar-refractivity contribution in [1.29, 1.82) is 0 Å². The van der Waals surface area contributed by atoms with Gasteiger partial charge >= 0.3 is 5.97 Å². The summed E-state index contributed by atoms with van der Waals surface area (Å²) in [7, 11) is 3.18. The summed E-state index contributed by atoms with van der Waals surface area (Å²) < 4.78 is 21.6. The van der Waals surface area contributed by atoms with Gasteiger partial charge in [0.05, 0.1) is 31.5 Å². The van der Waals surface area contributed by atoms with Crippen molar-refractivity contribution in [2.75, 3.05) is 27.4 Å². The largest absolute Gasteiger partial charge is 0.496 e. The maximum absolute atomic E-state index is 13.5. The van der Waals surface area contributed by atoms with Crippen LogP contribution in [0.1, 0.15) is 42.9 Å². The number of hydrogen-bond acceptors (Lipinski definition) is 7. The molecule has 4 rings (SSSR count). The molecule has 1 aromatic carbocycles. The minimum absolute atomic E-state index is 0.0225. The van der Waals surface area contributed by atoms with Gasteiger partial charge in [-0.25, -0.2) is 4.79 Å². The van der Waals surface area contributed by atoms with Crippen molar-refractivity contribution in [3.8, 4) is 5.75 Å². The molecule has 1 aromatic heterocycles. The van der Waals surface area contributed by atoms with Crippen LogP contribution in [0.4, 0.5) is 0 Å². The summed E-state index contributed by atoms with van der Waals surface area (Å²) >= 11 is 0. The van der Waals surface area contributed by atoms with E-state index in [1.54, 1.807) is 32.6 Å². The number of rotatable bonds is 7. The van der Waals surface area contributed by atoms with E-state index in [0.717, 1.165) is 17.0 Å². The quantitative estimate of drug-likeness (QED) is 0.520. The highest BCUT2D eigenvalue weighted by Crippen LogP contribution is 2.46. The Morgan fingerprint density at radius 3 is 2.66 bits per heavy atom. The fourth-order valence-electron chi connectivity index (χ4n) is 4.57. The highest BCUT2D eigenvalue weighted by Gasteiger charge is 2.43. The topological polar surface area (TPSA) is 87.0 Å². The van der Waals surface area contributed by atoms with Gasteiger partial charge in [0.25, 0.3) is 0 Å². The molecular weight excluding hydrogens is 410 g/mol. The molecule has 0 fully saturated rings. The molecule has 32 heavy (non-hydrogen) atoms. The van der Waals surface area contributed by atoms with Crippen LogP contribution < -0.4 is 10.1 Å². The number of carbonyl (C=O) groups excluding carboxylic acids is 2. The average Bonchev–Trinajstić information content (AvgIpc) is 3.32. The zero-order valence-electron chi connectivity index (χ0n) is 18.5. The van der Waals surface area contributed by atoms with Crippen molar-refractivity contribution >= 4 is 11.8 Å². The molecule has 168 valence electrons. The maximum Gasteiger partial charge on any atom is 0.336 e. The number of ketones is 1. The van der Waals surface area contributed by atoms with Crippen LogP contribution in [-0.4, -0.2) is 39.2 Å². The molecule has 7 heteroatoms. The summed E-state index contributed by atoms with van der Waals surface area (Å²) in [5.74, 6) is 0.168. The molecular formula is C25H27NO6. The molecule has 0 radical (unpaired) electrons. The molecule has 0 saturated carbocycles. The van der Waals surface area contributed by atoms with Crippen LogP contribution in [-0.2, 0) is 19.1 Å². The second-order valence-corrected chi connectivity index (χ2v) is 7.90. The van der Waals surface area contributed by atoms with Crippen molar-refractivity contribution in [2.24, 2.45) is 0 Å². The zero-order valence-corrected chi connectivity index (χ0v) is 18.5. The number of ether oxygens (including phenoxy) is 3. The number of benzene rings is 1. The van der Waals surface area contributed by atoms with Gasteiger partial charge in [-0.2, -0.15) is 0 Å². The first-order valence-corrected chi connectivity index (χ1v) is 10.6. The number of esters is 1. The summed E-state index contributed by atoms with van der Waals surface area (Å²) in [6, 6.07) is 11.3. The first-order valence-electron chi connectivity index (χ1n) is 10.6. The molecule has 2 atom stereocenters. The summed E-state index contributed by atoms with van der Waals surface area (Å²) in [6.07, 6.45) is 2.50. The van der Waals surface area contributed by atoms with E-state index < -0.39 is 11.9 Å². The zero-order chi connectivity index (χ0) is 22.7. The Morgan fingerprint density at radius 2 is 1.94 bits per heavy atom. The van der Waals surface area contributed by atoms with E-state index in [1.165, 1.54) is 0 Å². The number of allylic oxidation sites excluding steroid dienone is 3. The van der Waals surface area contributed by atoms with Crippen LogP contribution in [0, 0.1) is 0 Å². The van der Waals surface area contributed by atoms with Gasteiger partial charge < -0.3 is 23.9 Å². The third-order valence-electron chi connectivity index (χ3n) is 5.97. The lowest BCUT2D eigenvalue weighted by Gasteiger charge is -2.36. The van der Waals surface area contributed by atoms with Crippen molar-refractivity contribution in [2.45, 2.75) is 31.6 Å². The first kappa shape index (κ1) is 21.9. The number of dihydropyridines is 1. The summed E-state index contributed by atoms with van der Waals surface area (Å²) in [5.41, 5.74) is 3.41. The minimum Gasteiger partial charge on any atom is -0.496 e. The molecule has 1 aliphatic carbocycles. The molecule has 7 nitrogen and oxygen atoms in total. The predicted octanol–water partition coefficient (Wildman–Crippen LogP) is 3.84. The van der Waals surface area contributed by atoms with Crippen LogP contribution in [0.25, 0.3) is 0 Å². The number of carbonyl (C=O) groups is 2. The Balaban J connectivity index is 1.71. The normalized spacial score (nSPS) is 20.7. The number of Topliss-reactive ketones (excluding diaryl/α,β-unsaturated/α-hetero) is 1. The van der Waals surface area contributed by atoms with E-state index in [2.05, 4.69) is 5.32 Å². The first-order chi connectivity index (χ1) is 15.5. The molecule has 2 aliphatic rings. The van der Waals surface area contributed by atoms with Crippen molar-refractivity contribution in [3.63, 3.8) is 0 Å². The van der Waals surface area contributed by atoms with Crippen molar-refractivity contribution in [3.05, 3.63) is 76.5 Å². The monoisotopic (exact) mass is 437 g/mol. The Bertz CT molecular complexity index is 1070. The Labute approximate surface area is 187 Å². The molecule has 2 unspecified atom stereocenters. The van der Waals surface area contributed by atoms with Crippen molar-refractivity contribution in [1.82, 2.24) is 5.32 Å². The maximum atomic E-state index is 13.5. The van der Waals surface area contributed by atoms with Gasteiger partial charge in [-0.3, -0.25) is 4.79 Å². The average molecular weight is 437 g/mol. The Hall–Kier alpha value is -3.32. The minimum atomic E-state index is -0.609. The lowest BCUT2D eigenvalue weighted by molar-refractivity contribution is -0.140. The second kappa shape index (κ2) is 9.44. The molecule has 0 amide bonds. The third kappa shape index (κ3) is 4.08. The lowest BCUT2D eigenvalue weighted by atomic mass is 9.73. The van der Waals surface area contributed by atoms with E-state index in [4.69, 9.17) is 18.6 Å². The molecule has 0 saturated heterocycles. The van der Waals surface area contributed by atoms with Gasteiger partial charge in [0.1, 0.15) is 18.1 Å². The summed E-state index contributed by atoms with van der Waals surface area (Å²) in [6.45, 7) is 2.25. The van der Waals surface area contributed by atoms with Gasteiger partial charge in [0, 0.05) is 36.4 Å². The van der Waals surface area contributed by atoms with E-state index in [-0.39, 0.29) is 18.3 Å². The van der Waals surface area contributed by atoms with Crippen LogP contribution in [0.2, 0.25) is 0 Å². The van der Waals surface area contributed by atoms with Gasteiger partial charge in [0.2, 0.25) is 0 Å². The van der Waals surface area contributed by atoms with Crippen LogP contribution in [0.3, 0.4) is 0 Å². The molecule has 1 aliphatic heterocycles. The molecule has 2 heterocycles. The summed E-state index contributed by atoms with van der Waals surface area (Å²) in [5, 5.41) is 3.32. The van der Waals surface area contributed by atoms with Gasteiger partial charge in [-0.15, -0.1) is 0 Å². The molecule has 1 N–H and O–H groups in total. The number of para-hydroxylation sites is 1. The smallest absolute Gasteiger partial charge is 0.336 e. The number of hydrogen-bond donors (Lipinski definition) is 1. The number of methoxy groups -OCH3 is 2. The van der Waals surface area contributed by atoms with Crippen molar-refractivity contribution < 1.29 is 28.2 Å². The third-order valence-corrected chi connectivity index (χ3v) is 5.97. The molecule has 0 bridgehead atoms. The van der Waals surface area contributed by atoms with Crippen LogP contribution >= 0.6 is 0 Å². The second-order valence-electron chi connectivity index (χ2n) is 7.90. The van der Waals surface area contributed by atoms with E-state index >= 15 is 0 Å². The van der Waals surface area contributed by atoms with Crippen LogP contribution in [0.5, 0.6) is 5.75 Å². The SMILES string of the molecule is COCCOC(=O)C1=C(C)NC2=C(C(=O)CC(c3ccccc3OC)C2)C1c1ccco1. The Kier molecular flexibility index (Phi) is 6.46. The number of furan rings is 1. The van der Waals surface area contributed by atoms with Gasteiger partial charge in [-0.1, -0.05) is 18.2 Å². The molecule has 0 spiro atoms. The number of nitrogens with one attached hydrogen (secondary N) is 1. The highest BCUT2D eigenvalue weighted by molar-refractivity contribution is 6.04. The van der Waals surface area contributed by atoms with Crippen LogP contribution in [0.15, 0.2) is 69.6 Å². The fraction of sp³-hybridized carbons (Fsp3) is 0.360. The van der Waals surface area contributed by atoms with E-state index in [9.17, 15) is 9.59 Å². The van der Waals surface area contributed by atoms with E-state index in [1.807, 2.05) is 31.2 Å². The van der Waals surface area contributed by atoms with Gasteiger partial charge in [0.15, 0.2) is 5.78 Å². The lowest BCUT2D eigenvalue weighted by Crippen LogP contribution is -2.36. The van der Waals surface area contributed by atoms with E-state index in [0.29, 0.717) is 42.1 Å². The summed E-state index contributed by atoms with van der Waals surface area (Å²) in [4.78, 5) is 26.4. The van der Waals surface area contributed by atoms with Gasteiger partial charge in [-0.05, 0) is 37.1 Å². The predicted molar refractivity (Wildman–Crippen MR) is 117 cm³/mol. The molecule has 2 aromatic rings.